The molecule has 0 spiro atoms. The van der Waals surface area contributed by atoms with Gasteiger partial charge < -0.3 is 39.6 Å². The number of rotatable bonds is 20. The van der Waals surface area contributed by atoms with E-state index in [0.717, 1.165) is 101 Å². The molecule has 498 valence electrons. The Morgan fingerprint density at radius 1 is 0.653 bits per heavy atom. The maximum absolute atomic E-state index is 11.5. The van der Waals surface area contributed by atoms with E-state index in [2.05, 4.69) is 95.5 Å². The molecular formula is C66H79ClN18O9Si. The predicted octanol–water partition coefficient (Wildman–Crippen LogP) is 11.2. The van der Waals surface area contributed by atoms with E-state index < -0.39 is 14.0 Å². The number of carbonyl (C=O) groups is 5. The number of amides is 1. The first kappa shape index (κ1) is 68.2. The van der Waals surface area contributed by atoms with Gasteiger partial charge in [-0.2, -0.15) is 10.2 Å². The third-order valence-electron chi connectivity index (χ3n) is 17.8. The number of aldehydes is 2. The number of ether oxygens (including phenoxy) is 1. The molecule has 14 rings (SSSR count). The van der Waals surface area contributed by atoms with Gasteiger partial charge in [0.15, 0.2) is 12.6 Å². The minimum atomic E-state index is -1.10. The number of allylic oxidation sites excluding steroid dienone is 2. The Balaban J connectivity index is 0.000000133. The van der Waals surface area contributed by atoms with Gasteiger partial charge in [-0.05, 0) is 98.2 Å². The van der Waals surface area contributed by atoms with Crippen molar-refractivity contribution < 1.29 is 44.0 Å². The van der Waals surface area contributed by atoms with Gasteiger partial charge in [-0.15, -0.1) is 0 Å². The highest BCUT2D eigenvalue weighted by Gasteiger charge is 2.32. The fraction of sp³-hybridized carbons (Fsp3) is 0.409. The Morgan fingerprint density at radius 2 is 1.14 bits per heavy atom. The molecule has 1 saturated heterocycles. The van der Waals surface area contributed by atoms with Crippen molar-refractivity contribution in [1.29, 1.82) is 0 Å². The average molecular weight is 1330 g/mol. The smallest absolute Gasteiger partial charge is 0.305 e. The highest BCUT2D eigenvalue weighted by Crippen LogP contribution is 2.39. The van der Waals surface area contributed by atoms with Crippen molar-refractivity contribution in [1.82, 2.24) is 89.8 Å². The van der Waals surface area contributed by atoms with Crippen LogP contribution >= 0.6 is 11.6 Å². The van der Waals surface area contributed by atoms with Crippen molar-refractivity contribution in [2.75, 3.05) is 6.61 Å². The molecule has 1 amide bonds. The fourth-order valence-corrected chi connectivity index (χ4v) is 13.8. The van der Waals surface area contributed by atoms with E-state index in [-0.39, 0.29) is 40.8 Å². The molecule has 0 radical (unpaired) electrons. The Morgan fingerprint density at radius 3 is 1.62 bits per heavy atom. The summed E-state index contributed by atoms with van der Waals surface area (Å²) in [7, 11) is -1.10. The molecule has 95 heavy (non-hydrogen) atoms. The van der Waals surface area contributed by atoms with E-state index in [1.54, 1.807) is 31.0 Å². The molecule has 1 aliphatic heterocycles. The number of H-pyrrole nitrogens is 3. The predicted molar refractivity (Wildman–Crippen MR) is 360 cm³/mol. The van der Waals surface area contributed by atoms with E-state index in [1.165, 1.54) is 70.3 Å². The van der Waals surface area contributed by atoms with Crippen LogP contribution in [0.15, 0.2) is 112 Å². The number of hydrazine groups is 1. The van der Waals surface area contributed by atoms with Crippen molar-refractivity contribution in [3.05, 3.63) is 123 Å². The van der Waals surface area contributed by atoms with Crippen molar-refractivity contribution >= 4 is 105 Å². The lowest BCUT2D eigenvalue weighted by Crippen LogP contribution is -2.35. The number of hydrogen-bond donors (Lipinski definition) is 8. The van der Waals surface area contributed by atoms with Gasteiger partial charge >= 0.3 is 5.97 Å². The summed E-state index contributed by atoms with van der Waals surface area (Å²) in [6.07, 6.45) is 38.6. The highest BCUT2D eigenvalue weighted by molar-refractivity contribution is 6.76. The third kappa shape index (κ3) is 17.4. The largest absolute Gasteiger partial charge is 0.515 e. The zero-order valence-electron chi connectivity index (χ0n) is 53.2. The van der Waals surface area contributed by atoms with Crippen LogP contribution in [0, 0.1) is 17.8 Å². The second-order valence-corrected chi connectivity index (χ2v) is 31.3. The molecule has 10 aromatic rings. The zero-order chi connectivity index (χ0) is 66.8. The van der Waals surface area contributed by atoms with E-state index in [4.69, 9.17) is 26.6 Å². The minimum Gasteiger partial charge on any atom is -0.515 e. The number of carboxylic acid groups (broad SMARTS) is 1. The van der Waals surface area contributed by atoms with E-state index in [1.807, 2.05) is 63.1 Å². The molecule has 4 aliphatic rings. The number of carboxylic acids is 1. The summed E-state index contributed by atoms with van der Waals surface area (Å²) >= 11 is 5.68. The normalized spacial score (nSPS) is 16.9. The number of aromatic nitrogens is 16. The second-order valence-electron chi connectivity index (χ2n) is 25.2. The number of carbonyl (C=O) groups excluding carboxylic acids is 4. The summed E-state index contributed by atoms with van der Waals surface area (Å²) in [4.78, 5) is 97.7. The van der Waals surface area contributed by atoms with E-state index >= 15 is 0 Å². The Labute approximate surface area is 552 Å². The Kier molecular flexibility index (Phi) is 23.3. The maximum Gasteiger partial charge on any atom is 0.305 e. The van der Waals surface area contributed by atoms with Gasteiger partial charge in [-0.3, -0.25) is 38.8 Å². The van der Waals surface area contributed by atoms with Crippen LogP contribution in [0.1, 0.15) is 120 Å². The summed E-state index contributed by atoms with van der Waals surface area (Å²) in [5.41, 5.74) is 13.2. The van der Waals surface area contributed by atoms with Crippen LogP contribution < -0.4 is 10.9 Å². The van der Waals surface area contributed by atoms with Crippen LogP contribution in [0.3, 0.4) is 0 Å². The molecule has 10 aromatic heterocycles. The lowest BCUT2D eigenvalue weighted by molar-refractivity contribution is -0.138. The molecule has 29 heteroatoms. The first-order valence-corrected chi connectivity index (χ1v) is 36.1. The SMILES string of the molecule is C[Si](C)(C)CCOCn1ccc2c(/C(C=O)=C/O)ncnc21.O=C(Cl)C[C@H](C1CCCC1)n1cc(-c2ncnc3[nH]ccc23)cn1.O=C(O)C[C@H](C1CCCC1)n1cc(-c2ncnc3[nH]ccc23)cn1.O=C/C(=C\O)c1ncnc2[nH]ccc12.O=C1C[C@H](C2CCCC2)NN1. The lowest BCUT2D eigenvalue weighted by Gasteiger charge is -2.22. The summed E-state index contributed by atoms with van der Waals surface area (Å²) < 4.78 is 11.3. The van der Waals surface area contributed by atoms with Crippen LogP contribution in [-0.4, -0.2) is 145 Å². The minimum absolute atomic E-state index is 0.0230. The summed E-state index contributed by atoms with van der Waals surface area (Å²) in [6.45, 7) is 8.06. The number of aliphatic hydroxyl groups is 2. The number of nitrogens with one attached hydrogen (secondary N) is 5. The fourth-order valence-electron chi connectivity index (χ4n) is 12.9. The number of nitrogens with zero attached hydrogens (tertiary/aromatic N) is 13. The summed E-state index contributed by atoms with van der Waals surface area (Å²) in [5.74, 6) is 0.958. The lowest BCUT2D eigenvalue weighted by atomic mass is 9.95. The van der Waals surface area contributed by atoms with Crippen LogP contribution in [0.25, 0.3) is 77.8 Å². The number of aromatic amines is 3. The van der Waals surface area contributed by atoms with E-state index in [9.17, 15) is 29.1 Å². The quantitative estimate of drug-likeness (QED) is 0.00877. The number of aliphatic hydroxyl groups excluding tert-OH is 2. The van der Waals surface area contributed by atoms with Gasteiger partial charge in [0.25, 0.3) is 0 Å². The van der Waals surface area contributed by atoms with Crippen LogP contribution in [0.2, 0.25) is 25.7 Å². The molecule has 0 aromatic carbocycles. The highest BCUT2D eigenvalue weighted by atomic mass is 35.5. The molecule has 11 heterocycles. The first-order valence-electron chi connectivity index (χ1n) is 32.0. The summed E-state index contributed by atoms with van der Waals surface area (Å²) in [6, 6.07) is 8.92. The van der Waals surface area contributed by atoms with Gasteiger partial charge in [-0.1, -0.05) is 58.2 Å². The van der Waals surface area contributed by atoms with Gasteiger partial charge in [0.1, 0.15) is 54.6 Å². The van der Waals surface area contributed by atoms with Crippen molar-refractivity contribution in [3.8, 4) is 22.5 Å². The molecule has 3 atom stereocenters. The number of aliphatic carboxylic acids is 1. The topological polar surface area (TPSA) is 370 Å². The monoisotopic (exact) mass is 1330 g/mol. The van der Waals surface area contributed by atoms with Gasteiger partial charge in [0, 0.05) is 103 Å². The Bertz CT molecular complexity index is 4140. The molecule has 3 aliphatic carbocycles. The third-order valence-corrected chi connectivity index (χ3v) is 19.6. The molecule has 4 fully saturated rings. The van der Waals surface area contributed by atoms with Crippen LogP contribution in [-0.2, 0) is 35.4 Å². The maximum atomic E-state index is 11.5. The summed E-state index contributed by atoms with van der Waals surface area (Å²) in [5, 5.41) is 39.2. The van der Waals surface area contributed by atoms with Gasteiger partial charge in [0.2, 0.25) is 11.1 Å². The zero-order valence-corrected chi connectivity index (χ0v) is 55.0. The molecule has 3 saturated carbocycles. The Hall–Kier alpha value is -9.64. The van der Waals surface area contributed by atoms with Gasteiger partial charge in [0.05, 0.1) is 77.3 Å². The number of fused-ring (bicyclic) bond motifs is 4. The van der Waals surface area contributed by atoms with Crippen LogP contribution in [0.5, 0.6) is 0 Å². The second kappa shape index (κ2) is 32.5. The number of halogens is 1. The standard InChI is InChI=1S/C17H18ClN5O.C17H19N5O2.C15H21N3O3Si.C9H7N3O2.C8H14N2O/c18-15(24)7-14(11-3-1-2-4-11)23-9-12(8-22-23)16-13-5-6-19-17(13)21-10-20-16;23-15(24)7-14(11-3-1-2-4-11)22-9-12(8-21-22)16-13-5-6-18-17(13)20-10-19-16;1-22(2,3)7-6-21-11-18-5-4-13-14(12(8-19)9-20)16-10-17-15(13)18;13-3-6(4-14)8-7-1-2-10-9(7)12-5-11-8;11-8-5-7(9-10-8)6-3-1-2-4-6/h5-6,8-11,14H,1-4,7H2,(H,19,20,21);5-6,8-11,14H,1-4,7H2,(H,23,24)(H,18,19,20);4-5,8-10,19H,6-7,11H2,1-3H3;1-5,13H,(H,10,11,12);6-7,9H,1-5H2,(H,10,11)/b;;12-8+;6-3+;/t2*14-;;;7-/m11..1/s1. The van der Waals surface area contributed by atoms with Crippen LogP contribution in [0.4, 0.5) is 0 Å². The molecule has 8 N–H and O–H groups in total. The molecule has 27 nitrogen and oxygen atoms in total. The van der Waals surface area contributed by atoms with Gasteiger partial charge in [-0.25, -0.2) is 45.3 Å². The van der Waals surface area contributed by atoms with Crippen molar-refractivity contribution in [3.63, 3.8) is 0 Å². The van der Waals surface area contributed by atoms with Crippen molar-refractivity contribution in [2.45, 2.75) is 147 Å². The van der Waals surface area contributed by atoms with Crippen molar-refractivity contribution in [2.24, 2.45) is 17.8 Å². The first-order chi connectivity index (χ1) is 46.1. The number of hydrogen-bond acceptors (Lipinski definition) is 19. The molecule has 0 bridgehead atoms. The average Bonchev–Trinajstić information content (AvgIpc) is 1.71. The molecule has 0 unspecified atom stereocenters. The molecular weight excluding hydrogens is 1250 g/mol. The van der Waals surface area contributed by atoms with E-state index in [0.29, 0.717) is 83.5 Å².